The molecule has 0 aliphatic rings. The lowest BCUT2D eigenvalue weighted by Gasteiger charge is -1.79. The van der Waals surface area contributed by atoms with E-state index in [1.807, 2.05) is 0 Å². The van der Waals surface area contributed by atoms with Gasteiger partial charge in [-0.1, -0.05) is 0 Å². The van der Waals surface area contributed by atoms with Crippen molar-refractivity contribution in [1.82, 2.24) is 4.98 Å². The quantitative estimate of drug-likeness (QED) is 0.837. The van der Waals surface area contributed by atoms with Crippen LogP contribution in [0.2, 0.25) is 0 Å². The average Bonchev–Trinajstić information content (AvgIpc) is 2.34. The highest BCUT2D eigenvalue weighted by molar-refractivity contribution is 14.2. The molecule has 0 saturated carbocycles. The molecule has 0 atom stereocenters. The predicted octanol–water partition coefficient (Wildman–Crippen LogP) is 2.08. The minimum Gasteiger partial charge on any atom is -0.391 e. The molecule has 0 fully saturated rings. The Morgan fingerprint density at radius 3 is 3.00 bits per heavy atom. The topological polar surface area (TPSA) is 33.1 Å². The van der Waals surface area contributed by atoms with Gasteiger partial charge in [-0.15, -0.1) is 11.3 Å². The zero-order valence-electron chi connectivity index (χ0n) is 4.37. The molecular weight excluding hydrogens is 269 g/mol. The van der Waals surface area contributed by atoms with Crippen molar-refractivity contribution >= 4 is 41.5 Å². The van der Waals surface area contributed by atoms with Crippen molar-refractivity contribution in [2.24, 2.45) is 0 Å². The molecule has 0 aromatic carbocycles. The Labute approximate surface area is 73.3 Å². The third-order valence-corrected chi connectivity index (χ3v) is 4.42. The van der Waals surface area contributed by atoms with Crippen LogP contribution >= 0.6 is 41.5 Å². The van der Waals surface area contributed by atoms with E-state index in [4.69, 9.17) is 5.11 Å². The van der Waals surface area contributed by atoms with Gasteiger partial charge in [0.25, 0.3) is 0 Å². The van der Waals surface area contributed by atoms with Crippen molar-refractivity contribution in [3.05, 3.63) is 11.1 Å². The molecule has 0 saturated heterocycles. The van der Waals surface area contributed by atoms with Gasteiger partial charge in [-0.05, 0) is 8.93 Å². The minimum absolute atomic E-state index is 0.106. The molecule has 9 heavy (non-hydrogen) atoms. The molecular formula is C4H4INOS2. The Kier molecular flexibility index (Phi) is 3.23. The molecule has 5 heteroatoms. The van der Waals surface area contributed by atoms with Gasteiger partial charge in [-0.3, -0.25) is 0 Å². The van der Waals surface area contributed by atoms with Gasteiger partial charge in [0, 0.05) is 27.4 Å². The summed E-state index contributed by atoms with van der Waals surface area (Å²) in [6.45, 7) is 0.106. The second-order valence-corrected chi connectivity index (χ2v) is 4.56. The van der Waals surface area contributed by atoms with E-state index in [1.165, 1.54) is 11.3 Å². The van der Waals surface area contributed by atoms with E-state index in [9.17, 15) is 0 Å². The molecule has 1 aromatic rings. The summed E-state index contributed by atoms with van der Waals surface area (Å²) in [4.78, 5) is 4.94. The van der Waals surface area contributed by atoms with Gasteiger partial charge in [-0.25, -0.2) is 4.98 Å². The van der Waals surface area contributed by atoms with Crippen LogP contribution < -0.4 is 0 Å². The van der Waals surface area contributed by atoms with Crippen LogP contribution in [0.15, 0.2) is 10.5 Å². The maximum absolute atomic E-state index is 8.61. The smallest absolute Gasteiger partial charge is 0.160 e. The van der Waals surface area contributed by atoms with Gasteiger partial charge < -0.3 is 5.11 Å². The molecule has 1 rings (SSSR count). The summed E-state index contributed by atoms with van der Waals surface area (Å²) < 4.78 is 1.000. The fraction of sp³-hybridized carbons (Fsp3) is 0.250. The van der Waals surface area contributed by atoms with Crippen LogP contribution in [-0.4, -0.2) is 10.1 Å². The van der Waals surface area contributed by atoms with Crippen molar-refractivity contribution in [2.75, 3.05) is 0 Å². The third kappa shape index (κ3) is 2.06. The van der Waals surface area contributed by atoms with Crippen LogP contribution in [0.5, 0.6) is 0 Å². The van der Waals surface area contributed by atoms with Crippen molar-refractivity contribution in [2.45, 2.75) is 10.9 Å². The zero-order valence-corrected chi connectivity index (χ0v) is 8.16. The van der Waals surface area contributed by atoms with Crippen LogP contribution in [0.1, 0.15) is 4.88 Å². The number of nitrogens with zero attached hydrogens (tertiary/aromatic N) is 1. The van der Waals surface area contributed by atoms with Gasteiger partial charge in [-0.2, -0.15) is 0 Å². The molecule has 50 valence electrons. The fourth-order valence-electron chi connectivity index (χ4n) is 0.398. The van der Waals surface area contributed by atoms with Crippen LogP contribution in [0.3, 0.4) is 0 Å². The molecule has 0 aliphatic carbocycles. The molecule has 0 unspecified atom stereocenters. The molecule has 0 radical (unpaired) electrons. The normalized spacial score (nSPS) is 10.0. The Morgan fingerprint density at radius 1 is 1.89 bits per heavy atom. The Balaban J connectivity index is 2.74. The first-order valence-corrected chi connectivity index (χ1v) is 6.38. The standard InChI is InChI=1S/C4H4INOS2/c5-9-4-6-1-3(2-7)8-4/h1,7H,2H2. The maximum atomic E-state index is 8.61. The first kappa shape index (κ1) is 7.77. The largest absolute Gasteiger partial charge is 0.391 e. The average molecular weight is 273 g/mol. The molecule has 0 bridgehead atoms. The van der Waals surface area contributed by atoms with Crippen LogP contribution in [-0.2, 0) is 6.61 Å². The first-order valence-electron chi connectivity index (χ1n) is 2.21. The van der Waals surface area contributed by atoms with Crippen LogP contribution in [0.4, 0.5) is 0 Å². The Bertz CT molecular complexity index is 172. The summed E-state index contributed by atoms with van der Waals surface area (Å²) in [6.07, 6.45) is 1.70. The van der Waals surface area contributed by atoms with Gasteiger partial charge in [0.2, 0.25) is 0 Å². The lowest BCUT2D eigenvalue weighted by Crippen LogP contribution is -1.70. The molecule has 0 spiro atoms. The van der Waals surface area contributed by atoms with Crippen molar-refractivity contribution < 1.29 is 5.11 Å². The highest BCUT2D eigenvalue weighted by Gasteiger charge is 1.97. The number of rotatable bonds is 2. The summed E-state index contributed by atoms with van der Waals surface area (Å²) in [5, 5.41) is 8.61. The third-order valence-electron chi connectivity index (χ3n) is 0.754. The van der Waals surface area contributed by atoms with Gasteiger partial charge in [0.05, 0.1) is 11.5 Å². The van der Waals surface area contributed by atoms with E-state index >= 15 is 0 Å². The molecule has 1 N–H and O–H groups in total. The van der Waals surface area contributed by atoms with Gasteiger partial charge in [0.1, 0.15) is 0 Å². The van der Waals surface area contributed by atoms with E-state index < -0.39 is 0 Å². The lowest BCUT2D eigenvalue weighted by molar-refractivity contribution is 0.285. The minimum atomic E-state index is 0.106. The van der Waals surface area contributed by atoms with Crippen LogP contribution in [0.25, 0.3) is 0 Å². The summed E-state index contributed by atoms with van der Waals surface area (Å²) in [5.41, 5.74) is 0. The number of halogens is 1. The summed E-state index contributed by atoms with van der Waals surface area (Å²) in [7, 11) is 1.57. The number of aliphatic hydroxyl groups is 1. The number of aromatic nitrogens is 1. The van der Waals surface area contributed by atoms with E-state index in [1.54, 1.807) is 15.1 Å². The number of thiazole rings is 1. The summed E-state index contributed by atoms with van der Waals surface area (Å²) in [6, 6.07) is 0. The highest BCUT2D eigenvalue weighted by atomic mass is 127. The van der Waals surface area contributed by atoms with Crippen LogP contribution in [0, 0.1) is 0 Å². The highest BCUT2D eigenvalue weighted by Crippen LogP contribution is 2.28. The second kappa shape index (κ2) is 3.75. The number of hydrogen-bond donors (Lipinski definition) is 1. The Morgan fingerprint density at radius 2 is 2.67 bits per heavy atom. The fourth-order valence-corrected chi connectivity index (χ4v) is 2.59. The molecule has 2 nitrogen and oxygen atoms in total. The van der Waals surface area contributed by atoms with Crippen molar-refractivity contribution in [3.8, 4) is 0 Å². The van der Waals surface area contributed by atoms with E-state index in [0.717, 1.165) is 9.22 Å². The summed E-state index contributed by atoms with van der Waals surface area (Å²) in [5.74, 6) is 0. The molecule has 1 aromatic heterocycles. The number of aliphatic hydroxyl groups excluding tert-OH is 1. The van der Waals surface area contributed by atoms with Crippen molar-refractivity contribution in [1.29, 1.82) is 0 Å². The molecule has 1 heterocycles. The number of hydrogen-bond acceptors (Lipinski definition) is 4. The van der Waals surface area contributed by atoms with E-state index in [-0.39, 0.29) is 6.61 Å². The second-order valence-electron chi connectivity index (χ2n) is 1.33. The SMILES string of the molecule is OCc1cnc(SI)s1. The zero-order chi connectivity index (χ0) is 6.69. The summed E-state index contributed by atoms with van der Waals surface area (Å²) >= 11 is 3.69. The predicted molar refractivity (Wildman–Crippen MR) is 47.9 cm³/mol. The van der Waals surface area contributed by atoms with E-state index in [0.29, 0.717) is 0 Å². The van der Waals surface area contributed by atoms with E-state index in [2.05, 4.69) is 26.2 Å². The first-order chi connectivity index (χ1) is 4.36. The lowest BCUT2D eigenvalue weighted by atomic mass is 10.6. The molecule has 0 amide bonds. The molecule has 0 aliphatic heterocycles. The Hall–Kier alpha value is 0.670. The van der Waals surface area contributed by atoms with Gasteiger partial charge in [0.15, 0.2) is 4.34 Å². The monoisotopic (exact) mass is 273 g/mol. The van der Waals surface area contributed by atoms with Gasteiger partial charge >= 0.3 is 0 Å². The van der Waals surface area contributed by atoms with Crippen molar-refractivity contribution in [3.63, 3.8) is 0 Å². The maximum Gasteiger partial charge on any atom is 0.160 e.